The molecule has 0 saturated carbocycles. The van der Waals surface area contributed by atoms with Crippen molar-refractivity contribution in [2.24, 2.45) is 0 Å². The summed E-state index contributed by atoms with van der Waals surface area (Å²) in [5.41, 5.74) is 0.950. The molecule has 1 heterocycles. The summed E-state index contributed by atoms with van der Waals surface area (Å²) in [7, 11) is 0. The van der Waals surface area contributed by atoms with Gasteiger partial charge in [0.1, 0.15) is 0 Å². The Morgan fingerprint density at radius 1 is 1.21 bits per heavy atom. The number of aromatic nitrogens is 1. The second kappa shape index (κ2) is 7.24. The van der Waals surface area contributed by atoms with Crippen LogP contribution in [0, 0.1) is 0 Å². The highest BCUT2D eigenvalue weighted by Gasteiger charge is 2.06. The lowest BCUT2D eigenvalue weighted by molar-refractivity contribution is -0.116. The summed E-state index contributed by atoms with van der Waals surface area (Å²) >= 11 is 1.53. The first-order valence-corrected chi connectivity index (χ1v) is 7.76. The molecule has 1 aromatic heterocycles. The minimum Gasteiger partial charge on any atom is -0.302 e. The number of amides is 1. The largest absolute Gasteiger partial charge is 0.302 e. The van der Waals surface area contributed by atoms with E-state index in [0.29, 0.717) is 11.6 Å². The van der Waals surface area contributed by atoms with Gasteiger partial charge in [-0.2, -0.15) is 0 Å². The van der Waals surface area contributed by atoms with Crippen LogP contribution in [-0.4, -0.2) is 10.9 Å². The molecule has 3 nitrogen and oxygen atoms in total. The molecule has 0 spiro atoms. The Kier molecular flexibility index (Phi) is 5.33. The summed E-state index contributed by atoms with van der Waals surface area (Å²) in [6, 6.07) is 7.93. The van der Waals surface area contributed by atoms with Crippen LogP contribution in [0.1, 0.15) is 45.4 Å². The Hall–Kier alpha value is -1.42. The number of hydrogen-bond donors (Lipinski definition) is 1. The van der Waals surface area contributed by atoms with Gasteiger partial charge in [-0.1, -0.05) is 56.1 Å². The van der Waals surface area contributed by atoms with Crippen LogP contribution in [0.25, 0.3) is 10.2 Å². The highest BCUT2D eigenvalue weighted by Crippen LogP contribution is 2.25. The van der Waals surface area contributed by atoms with Crippen molar-refractivity contribution in [2.45, 2.75) is 45.4 Å². The fourth-order valence-corrected chi connectivity index (χ4v) is 2.88. The maximum Gasteiger partial charge on any atom is 0.226 e. The number of rotatable bonds is 7. The highest BCUT2D eigenvalue weighted by atomic mass is 32.1. The van der Waals surface area contributed by atoms with Crippen LogP contribution in [0.3, 0.4) is 0 Å². The van der Waals surface area contributed by atoms with E-state index in [1.165, 1.54) is 30.6 Å². The maximum atomic E-state index is 11.8. The number of para-hydroxylation sites is 1. The van der Waals surface area contributed by atoms with E-state index in [0.717, 1.165) is 23.1 Å². The SMILES string of the molecule is CCCCCCCC(=O)Nc1nc2ccccc2s1. The van der Waals surface area contributed by atoms with Crippen molar-refractivity contribution in [2.75, 3.05) is 5.32 Å². The molecule has 0 radical (unpaired) electrons. The van der Waals surface area contributed by atoms with E-state index < -0.39 is 0 Å². The van der Waals surface area contributed by atoms with Gasteiger partial charge in [0, 0.05) is 6.42 Å². The van der Waals surface area contributed by atoms with Crippen LogP contribution in [0.4, 0.5) is 5.13 Å². The molecule has 4 heteroatoms. The van der Waals surface area contributed by atoms with Gasteiger partial charge in [-0.15, -0.1) is 0 Å². The molecule has 2 aromatic rings. The molecule has 0 bridgehead atoms. The Balaban J connectivity index is 1.78. The average Bonchev–Trinajstić information content (AvgIpc) is 2.80. The predicted molar refractivity (Wildman–Crippen MR) is 81.6 cm³/mol. The van der Waals surface area contributed by atoms with Crippen molar-refractivity contribution in [1.82, 2.24) is 4.98 Å². The number of carbonyl (C=O) groups excluding carboxylic acids is 1. The van der Waals surface area contributed by atoms with Crippen LogP contribution in [0.2, 0.25) is 0 Å². The van der Waals surface area contributed by atoms with E-state index in [-0.39, 0.29) is 5.91 Å². The Morgan fingerprint density at radius 3 is 2.79 bits per heavy atom. The van der Waals surface area contributed by atoms with E-state index in [1.54, 1.807) is 0 Å². The smallest absolute Gasteiger partial charge is 0.226 e. The molecule has 2 rings (SSSR count). The van der Waals surface area contributed by atoms with Crippen LogP contribution in [0.15, 0.2) is 24.3 Å². The number of hydrogen-bond acceptors (Lipinski definition) is 3. The standard InChI is InChI=1S/C15H20N2OS/c1-2-3-4-5-6-11-14(18)17-15-16-12-9-7-8-10-13(12)19-15/h7-10H,2-6,11H2,1H3,(H,16,17,18). The van der Waals surface area contributed by atoms with Crippen molar-refractivity contribution < 1.29 is 4.79 Å². The van der Waals surface area contributed by atoms with Crippen molar-refractivity contribution >= 4 is 32.6 Å². The van der Waals surface area contributed by atoms with Gasteiger partial charge >= 0.3 is 0 Å². The first-order chi connectivity index (χ1) is 9.29. The van der Waals surface area contributed by atoms with E-state index in [9.17, 15) is 4.79 Å². The van der Waals surface area contributed by atoms with Gasteiger partial charge in [0.25, 0.3) is 0 Å². The van der Waals surface area contributed by atoms with E-state index in [2.05, 4.69) is 17.2 Å². The number of unbranched alkanes of at least 4 members (excludes halogenated alkanes) is 4. The first-order valence-electron chi connectivity index (χ1n) is 6.95. The van der Waals surface area contributed by atoms with Crippen LogP contribution in [0.5, 0.6) is 0 Å². The summed E-state index contributed by atoms with van der Waals surface area (Å²) in [6.45, 7) is 2.19. The van der Waals surface area contributed by atoms with Crippen molar-refractivity contribution in [3.63, 3.8) is 0 Å². The molecule has 1 aromatic carbocycles. The minimum atomic E-state index is 0.0792. The van der Waals surface area contributed by atoms with Gasteiger partial charge in [0.15, 0.2) is 5.13 Å². The molecule has 1 N–H and O–H groups in total. The molecular weight excluding hydrogens is 256 g/mol. The summed E-state index contributed by atoms with van der Waals surface area (Å²) in [5, 5.41) is 3.60. The quantitative estimate of drug-likeness (QED) is 0.751. The summed E-state index contributed by atoms with van der Waals surface area (Å²) in [4.78, 5) is 16.2. The lowest BCUT2D eigenvalue weighted by Gasteiger charge is -2.01. The number of benzene rings is 1. The van der Waals surface area contributed by atoms with Gasteiger partial charge in [-0.25, -0.2) is 4.98 Å². The number of fused-ring (bicyclic) bond motifs is 1. The van der Waals surface area contributed by atoms with Crippen LogP contribution in [-0.2, 0) is 4.79 Å². The van der Waals surface area contributed by atoms with Gasteiger partial charge < -0.3 is 5.32 Å². The topological polar surface area (TPSA) is 42.0 Å². The lowest BCUT2D eigenvalue weighted by Crippen LogP contribution is -2.10. The molecule has 0 aliphatic carbocycles. The molecule has 0 unspecified atom stereocenters. The van der Waals surface area contributed by atoms with Gasteiger partial charge in [0.2, 0.25) is 5.91 Å². The predicted octanol–water partition coefficient (Wildman–Crippen LogP) is 4.60. The summed E-state index contributed by atoms with van der Waals surface area (Å²) < 4.78 is 1.11. The fourth-order valence-electron chi connectivity index (χ4n) is 2.00. The average molecular weight is 276 g/mol. The first kappa shape index (κ1) is 14.0. The highest BCUT2D eigenvalue weighted by molar-refractivity contribution is 7.22. The fraction of sp³-hybridized carbons (Fsp3) is 0.467. The molecule has 0 saturated heterocycles. The Labute approximate surface area is 118 Å². The Bertz CT molecular complexity index is 503. The molecule has 0 aliphatic heterocycles. The number of nitrogens with zero attached hydrogens (tertiary/aromatic N) is 1. The summed E-state index contributed by atoms with van der Waals surface area (Å²) in [6.07, 6.45) is 6.43. The molecule has 102 valence electrons. The van der Waals surface area contributed by atoms with Gasteiger partial charge in [-0.05, 0) is 18.6 Å². The van der Waals surface area contributed by atoms with Crippen molar-refractivity contribution in [1.29, 1.82) is 0 Å². The zero-order chi connectivity index (χ0) is 13.5. The van der Waals surface area contributed by atoms with Gasteiger partial charge in [-0.3, -0.25) is 4.79 Å². The minimum absolute atomic E-state index is 0.0792. The lowest BCUT2D eigenvalue weighted by atomic mass is 10.1. The number of thiazole rings is 1. The second-order valence-electron chi connectivity index (χ2n) is 4.70. The normalized spacial score (nSPS) is 10.8. The third kappa shape index (κ3) is 4.31. The molecule has 0 fully saturated rings. The Morgan fingerprint density at radius 2 is 2.00 bits per heavy atom. The van der Waals surface area contributed by atoms with E-state index in [1.807, 2.05) is 24.3 Å². The third-order valence-corrected chi connectivity index (χ3v) is 4.00. The van der Waals surface area contributed by atoms with Crippen molar-refractivity contribution in [3.05, 3.63) is 24.3 Å². The number of anilines is 1. The molecule has 0 aliphatic rings. The number of carbonyl (C=O) groups is 1. The molecule has 19 heavy (non-hydrogen) atoms. The second-order valence-corrected chi connectivity index (χ2v) is 5.73. The van der Waals surface area contributed by atoms with E-state index >= 15 is 0 Å². The van der Waals surface area contributed by atoms with Crippen LogP contribution < -0.4 is 5.32 Å². The zero-order valence-electron chi connectivity index (χ0n) is 11.3. The number of nitrogens with one attached hydrogen (secondary N) is 1. The van der Waals surface area contributed by atoms with Gasteiger partial charge in [0.05, 0.1) is 10.2 Å². The monoisotopic (exact) mass is 276 g/mol. The molecular formula is C15H20N2OS. The van der Waals surface area contributed by atoms with E-state index in [4.69, 9.17) is 0 Å². The molecule has 1 amide bonds. The third-order valence-electron chi connectivity index (χ3n) is 3.05. The van der Waals surface area contributed by atoms with Crippen molar-refractivity contribution in [3.8, 4) is 0 Å². The maximum absolute atomic E-state index is 11.8. The molecule has 0 atom stereocenters. The zero-order valence-corrected chi connectivity index (χ0v) is 12.1. The summed E-state index contributed by atoms with van der Waals surface area (Å²) in [5.74, 6) is 0.0792. The van der Waals surface area contributed by atoms with Crippen LogP contribution >= 0.6 is 11.3 Å².